The summed E-state index contributed by atoms with van der Waals surface area (Å²) in [6.45, 7) is 10.2. The van der Waals surface area contributed by atoms with Gasteiger partial charge in [0.25, 0.3) is 0 Å². The first-order chi connectivity index (χ1) is 14.0. The Kier molecular flexibility index (Phi) is 6.50. The van der Waals surface area contributed by atoms with Crippen LogP contribution in [-0.2, 0) is 4.79 Å². The van der Waals surface area contributed by atoms with E-state index in [1.54, 1.807) is 0 Å². The number of nitrogens with zero attached hydrogens (tertiary/aromatic N) is 4. The maximum atomic E-state index is 12.9. The summed E-state index contributed by atoms with van der Waals surface area (Å²) in [5, 5.41) is 3.03. The number of carbonyl (C=O) groups excluding carboxylic acids is 1. The molecule has 4 rings (SSSR count). The number of rotatable bonds is 6. The fraction of sp³-hybridized carbons (Fsp3) is 0.783. The molecule has 0 aromatic carbocycles. The van der Waals surface area contributed by atoms with E-state index in [1.165, 1.54) is 58.0 Å². The van der Waals surface area contributed by atoms with Gasteiger partial charge in [-0.1, -0.05) is 19.8 Å². The van der Waals surface area contributed by atoms with Crippen LogP contribution in [0.4, 0.5) is 5.82 Å². The van der Waals surface area contributed by atoms with Gasteiger partial charge in [0, 0.05) is 30.4 Å². The number of aromatic nitrogens is 2. The normalized spacial score (nSPS) is 30.0. The second-order valence-electron chi connectivity index (χ2n) is 9.36. The van der Waals surface area contributed by atoms with Crippen molar-refractivity contribution in [1.82, 2.24) is 19.8 Å². The van der Waals surface area contributed by atoms with Crippen LogP contribution in [-0.4, -0.2) is 63.9 Å². The van der Waals surface area contributed by atoms with Crippen LogP contribution in [0.1, 0.15) is 63.4 Å². The number of anilines is 1. The third-order valence-electron chi connectivity index (χ3n) is 7.21. The van der Waals surface area contributed by atoms with Gasteiger partial charge < -0.3 is 5.32 Å². The Morgan fingerprint density at radius 2 is 2.00 bits per heavy atom. The zero-order chi connectivity index (χ0) is 20.4. The molecule has 3 fully saturated rings. The molecule has 0 aliphatic carbocycles. The van der Waals surface area contributed by atoms with Crippen LogP contribution < -0.4 is 5.32 Å². The van der Waals surface area contributed by atoms with Gasteiger partial charge in [0.05, 0.1) is 6.54 Å². The topological polar surface area (TPSA) is 61.4 Å². The Morgan fingerprint density at radius 1 is 1.21 bits per heavy atom. The SMILES string of the molecule is CCCC[C@@H]1[C@H]2CCCN3CCC[C@@H](CN1CC(=O)Nc1cc(C)nc(C)n1)[C@@H]23. The summed E-state index contributed by atoms with van der Waals surface area (Å²) in [4.78, 5) is 26.9. The van der Waals surface area contributed by atoms with Gasteiger partial charge in [-0.3, -0.25) is 14.6 Å². The minimum Gasteiger partial charge on any atom is -0.309 e. The molecule has 3 saturated heterocycles. The van der Waals surface area contributed by atoms with E-state index in [2.05, 4.69) is 32.0 Å². The maximum Gasteiger partial charge on any atom is 0.239 e. The summed E-state index contributed by atoms with van der Waals surface area (Å²) < 4.78 is 0. The molecule has 3 aliphatic heterocycles. The molecule has 6 heteroatoms. The highest BCUT2D eigenvalue weighted by Crippen LogP contribution is 2.43. The summed E-state index contributed by atoms with van der Waals surface area (Å²) >= 11 is 0. The Bertz CT molecular complexity index is 701. The summed E-state index contributed by atoms with van der Waals surface area (Å²) in [5.41, 5.74) is 0.888. The molecule has 0 radical (unpaired) electrons. The monoisotopic (exact) mass is 399 g/mol. The summed E-state index contributed by atoms with van der Waals surface area (Å²) in [6, 6.07) is 3.15. The lowest BCUT2D eigenvalue weighted by molar-refractivity contribution is -0.123. The van der Waals surface area contributed by atoms with Gasteiger partial charge >= 0.3 is 0 Å². The van der Waals surface area contributed by atoms with Crippen molar-refractivity contribution in [2.24, 2.45) is 11.8 Å². The molecule has 1 N–H and O–H groups in total. The summed E-state index contributed by atoms with van der Waals surface area (Å²) in [6.07, 6.45) is 8.97. The third-order valence-corrected chi connectivity index (χ3v) is 7.21. The lowest BCUT2D eigenvalue weighted by atomic mass is 9.69. The Hall–Kier alpha value is -1.53. The quantitative estimate of drug-likeness (QED) is 0.794. The minimum absolute atomic E-state index is 0.0610. The molecule has 1 aromatic rings. The Labute approximate surface area is 175 Å². The van der Waals surface area contributed by atoms with E-state index < -0.39 is 0 Å². The molecule has 0 saturated carbocycles. The zero-order valence-corrected chi connectivity index (χ0v) is 18.4. The number of unbranched alkanes of at least 4 members (excludes halogenated alkanes) is 1. The van der Waals surface area contributed by atoms with Gasteiger partial charge in [-0.15, -0.1) is 0 Å². The fourth-order valence-electron chi connectivity index (χ4n) is 6.22. The van der Waals surface area contributed by atoms with Crippen LogP contribution in [0.3, 0.4) is 0 Å². The molecule has 1 aromatic heterocycles. The first kappa shape index (κ1) is 20.7. The lowest BCUT2D eigenvalue weighted by Gasteiger charge is -2.57. The second kappa shape index (κ2) is 9.09. The van der Waals surface area contributed by atoms with Crippen molar-refractivity contribution in [3.05, 3.63) is 17.6 Å². The number of hydrogen-bond donors (Lipinski definition) is 1. The predicted molar refractivity (Wildman–Crippen MR) is 116 cm³/mol. The highest BCUT2D eigenvalue weighted by Gasteiger charge is 2.48. The number of nitrogens with one attached hydrogen (secondary N) is 1. The average Bonchev–Trinajstić information content (AvgIpc) is 2.67. The van der Waals surface area contributed by atoms with Gasteiger partial charge in [-0.25, -0.2) is 9.97 Å². The third kappa shape index (κ3) is 4.64. The highest BCUT2D eigenvalue weighted by molar-refractivity contribution is 5.91. The van der Waals surface area contributed by atoms with Gasteiger partial charge in [-0.05, 0) is 70.9 Å². The van der Waals surface area contributed by atoms with Crippen molar-refractivity contribution in [3.63, 3.8) is 0 Å². The van der Waals surface area contributed by atoms with Crippen molar-refractivity contribution in [2.45, 2.75) is 77.8 Å². The summed E-state index contributed by atoms with van der Waals surface area (Å²) in [5.74, 6) is 2.84. The van der Waals surface area contributed by atoms with E-state index >= 15 is 0 Å². The van der Waals surface area contributed by atoms with Gasteiger partial charge in [0.15, 0.2) is 0 Å². The molecular weight excluding hydrogens is 362 g/mol. The van der Waals surface area contributed by atoms with Crippen LogP contribution in [0.2, 0.25) is 0 Å². The van der Waals surface area contributed by atoms with Crippen molar-refractivity contribution < 1.29 is 4.79 Å². The molecule has 6 nitrogen and oxygen atoms in total. The van der Waals surface area contributed by atoms with E-state index in [9.17, 15) is 4.79 Å². The molecule has 1 amide bonds. The first-order valence-electron chi connectivity index (χ1n) is 11.7. The highest BCUT2D eigenvalue weighted by atomic mass is 16.2. The van der Waals surface area contributed by atoms with E-state index in [-0.39, 0.29) is 5.91 Å². The molecule has 0 bridgehead atoms. The lowest BCUT2D eigenvalue weighted by Crippen LogP contribution is -2.65. The van der Waals surface area contributed by atoms with Crippen LogP contribution >= 0.6 is 0 Å². The standard InChI is InChI=1S/C23H37N5O/c1-4-5-10-20-19-9-7-12-27-11-6-8-18(23(19)27)14-28(20)15-22(29)26-21-13-16(2)24-17(3)25-21/h13,18-20,23H,4-12,14-15H2,1-3H3,(H,24,25,26,29)/t18-,19+,20+,23-/m0/s1. The number of carbonyl (C=O) groups is 1. The van der Waals surface area contributed by atoms with Crippen LogP contribution in [0, 0.1) is 25.7 Å². The van der Waals surface area contributed by atoms with Crippen LogP contribution in [0.5, 0.6) is 0 Å². The van der Waals surface area contributed by atoms with Gasteiger partial charge in [0.2, 0.25) is 5.91 Å². The molecule has 160 valence electrons. The molecule has 4 heterocycles. The Balaban J connectivity index is 1.48. The van der Waals surface area contributed by atoms with Crippen molar-refractivity contribution in [3.8, 4) is 0 Å². The Morgan fingerprint density at radius 3 is 2.76 bits per heavy atom. The average molecular weight is 400 g/mol. The smallest absolute Gasteiger partial charge is 0.239 e. The van der Waals surface area contributed by atoms with E-state index in [1.807, 2.05) is 19.9 Å². The first-order valence-corrected chi connectivity index (χ1v) is 11.7. The second-order valence-corrected chi connectivity index (χ2v) is 9.36. The molecule has 3 aliphatic rings. The van der Waals surface area contributed by atoms with Crippen molar-refractivity contribution >= 4 is 11.7 Å². The van der Waals surface area contributed by atoms with E-state index in [0.29, 0.717) is 24.2 Å². The number of aryl methyl sites for hydroxylation is 2. The molecular formula is C23H37N5O. The molecule has 0 spiro atoms. The van der Waals surface area contributed by atoms with Gasteiger partial charge in [-0.2, -0.15) is 0 Å². The number of likely N-dealkylation sites (tertiary alicyclic amines) is 1. The number of piperidine rings is 3. The molecule has 4 atom stereocenters. The predicted octanol–water partition coefficient (Wildman–Crippen LogP) is 3.40. The van der Waals surface area contributed by atoms with E-state index in [4.69, 9.17) is 0 Å². The van der Waals surface area contributed by atoms with E-state index in [0.717, 1.165) is 30.1 Å². The number of amides is 1. The van der Waals surface area contributed by atoms with Crippen molar-refractivity contribution in [2.75, 3.05) is 31.5 Å². The van der Waals surface area contributed by atoms with Crippen molar-refractivity contribution in [1.29, 1.82) is 0 Å². The van der Waals surface area contributed by atoms with Gasteiger partial charge in [0.1, 0.15) is 11.6 Å². The minimum atomic E-state index is 0.0610. The largest absolute Gasteiger partial charge is 0.309 e. The van der Waals surface area contributed by atoms with Crippen LogP contribution in [0.25, 0.3) is 0 Å². The zero-order valence-electron chi connectivity index (χ0n) is 18.4. The maximum absolute atomic E-state index is 12.9. The number of hydrogen-bond acceptors (Lipinski definition) is 5. The fourth-order valence-corrected chi connectivity index (χ4v) is 6.22. The molecule has 0 unspecified atom stereocenters. The summed E-state index contributed by atoms with van der Waals surface area (Å²) in [7, 11) is 0. The molecule has 29 heavy (non-hydrogen) atoms. The van der Waals surface area contributed by atoms with Crippen LogP contribution in [0.15, 0.2) is 6.07 Å².